The molecule has 3 heteroatoms. The third-order valence-corrected chi connectivity index (χ3v) is 2.57. The summed E-state index contributed by atoms with van der Waals surface area (Å²) in [6, 6.07) is 7.95. The Morgan fingerprint density at radius 3 is 2.65 bits per heavy atom. The van der Waals surface area contributed by atoms with Gasteiger partial charge in [-0.25, -0.2) is 0 Å². The van der Waals surface area contributed by atoms with Crippen molar-refractivity contribution in [1.29, 1.82) is 0 Å². The maximum absolute atomic E-state index is 11.7. The van der Waals surface area contributed by atoms with Crippen molar-refractivity contribution in [2.24, 2.45) is 0 Å². The van der Waals surface area contributed by atoms with Crippen molar-refractivity contribution in [3.05, 3.63) is 29.8 Å². The van der Waals surface area contributed by atoms with Crippen molar-refractivity contribution in [3.8, 4) is 0 Å². The Hall–Kier alpha value is -1.35. The lowest BCUT2D eigenvalue weighted by Crippen LogP contribution is -2.28. The quantitative estimate of drug-likeness (QED) is 0.743. The molecule has 0 heterocycles. The lowest BCUT2D eigenvalue weighted by molar-refractivity contribution is -0.115. The molecule has 0 bridgehead atoms. The van der Waals surface area contributed by atoms with Crippen LogP contribution in [0.15, 0.2) is 24.3 Å². The van der Waals surface area contributed by atoms with E-state index in [4.69, 9.17) is 0 Å². The maximum Gasteiger partial charge on any atom is 0.238 e. The fourth-order valence-corrected chi connectivity index (χ4v) is 1.69. The standard InChI is InChI=1S/C14H22N2O/c1-4-9-15-10-14(17)16-13-8-6-5-7-12(13)11(2)3/h5-8,11,15H,4,9-10H2,1-3H3,(H,16,17). The molecular weight excluding hydrogens is 212 g/mol. The topological polar surface area (TPSA) is 41.1 Å². The van der Waals surface area contributed by atoms with E-state index < -0.39 is 0 Å². The van der Waals surface area contributed by atoms with Crippen molar-refractivity contribution < 1.29 is 4.79 Å². The van der Waals surface area contributed by atoms with Crippen LogP contribution in [0, 0.1) is 0 Å². The fraction of sp³-hybridized carbons (Fsp3) is 0.500. The second-order valence-electron chi connectivity index (χ2n) is 4.47. The molecule has 1 aromatic carbocycles. The first-order valence-electron chi connectivity index (χ1n) is 6.24. The molecule has 0 aliphatic carbocycles. The molecule has 1 amide bonds. The highest BCUT2D eigenvalue weighted by Crippen LogP contribution is 2.23. The largest absolute Gasteiger partial charge is 0.325 e. The molecule has 1 aromatic rings. The van der Waals surface area contributed by atoms with Gasteiger partial charge in [0.1, 0.15) is 0 Å². The van der Waals surface area contributed by atoms with Crippen LogP contribution in [-0.2, 0) is 4.79 Å². The minimum absolute atomic E-state index is 0.0200. The molecule has 0 radical (unpaired) electrons. The van der Waals surface area contributed by atoms with Gasteiger partial charge in [-0.15, -0.1) is 0 Å². The zero-order valence-corrected chi connectivity index (χ0v) is 10.9. The van der Waals surface area contributed by atoms with Gasteiger partial charge in [0.25, 0.3) is 0 Å². The number of nitrogens with one attached hydrogen (secondary N) is 2. The van der Waals surface area contributed by atoms with Crippen molar-refractivity contribution in [2.75, 3.05) is 18.4 Å². The number of rotatable bonds is 6. The first-order chi connectivity index (χ1) is 8.15. The number of hydrogen-bond acceptors (Lipinski definition) is 2. The summed E-state index contributed by atoms with van der Waals surface area (Å²) in [5, 5.41) is 6.04. The van der Waals surface area contributed by atoms with E-state index in [1.807, 2.05) is 18.2 Å². The predicted molar refractivity (Wildman–Crippen MR) is 72.3 cm³/mol. The van der Waals surface area contributed by atoms with Gasteiger partial charge in [0.2, 0.25) is 5.91 Å². The zero-order valence-electron chi connectivity index (χ0n) is 10.9. The smallest absolute Gasteiger partial charge is 0.238 e. The molecule has 0 aliphatic rings. The number of benzene rings is 1. The number of para-hydroxylation sites is 1. The van der Waals surface area contributed by atoms with E-state index >= 15 is 0 Å². The number of hydrogen-bond donors (Lipinski definition) is 2. The van der Waals surface area contributed by atoms with Gasteiger partial charge in [0.05, 0.1) is 6.54 Å². The summed E-state index contributed by atoms with van der Waals surface area (Å²) in [6.45, 7) is 7.58. The molecule has 17 heavy (non-hydrogen) atoms. The molecule has 0 fully saturated rings. The van der Waals surface area contributed by atoms with E-state index in [9.17, 15) is 4.79 Å². The summed E-state index contributed by atoms with van der Waals surface area (Å²) in [4.78, 5) is 11.7. The van der Waals surface area contributed by atoms with Crippen LogP contribution in [0.25, 0.3) is 0 Å². The lowest BCUT2D eigenvalue weighted by Gasteiger charge is -2.13. The highest BCUT2D eigenvalue weighted by atomic mass is 16.1. The van der Waals surface area contributed by atoms with Crippen LogP contribution in [0.2, 0.25) is 0 Å². The number of anilines is 1. The summed E-state index contributed by atoms with van der Waals surface area (Å²) >= 11 is 0. The van der Waals surface area contributed by atoms with E-state index in [0.717, 1.165) is 18.7 Å². The summed E-state index contributed by atoms with van der Waals surface area (Å²) in [5.74, 6) is 0.432. The molecule has 0 atom stereocenters. The van der Waals surface area contributed by atoms with Crippen LogP contribution < -0.4 is 10.6 Å². The molecule has 1 rings (SSSR count). The van der Waals surface area contributed by atoms with E-state index in [-0.39, 0.29) is 5.91 Å². The molecule has 0 spiro atoms. The summed E-state index contributed by atoms with van der Waals surface area (Å²) in [7, 11) is 0. The van der Waals surface area contributed by atoms with E-state index in [2.05, 4.69) is 37.5 Å². The highest BCUT2D eigenvalue weighted by molar-refractivity contribution is 5.93. The fourth-order valence-electron chi connectivity index (χ4n) is 1.69. The number of amides is 1. The third-order valence-electron chi connectivity index (χ3n) is 2.57. The molecule has 0 unspecified atom stereocenters. The molecule has 0 saturated heterocycles. The predicted octanol–water partition coefficient (Wildman–Crippen LogP) is 2.75. The Morgan fingerprint density at radius 1 is 1.29 bits per heavy atom. The van der Waals surface area contributed by atoms with Crippen LogP contribution in [-0.4, -0.2) is 19.0 Å². The average Bonchev–Trinajstić information content (AvgIpc) is 2.29. The van der Waals surface area contributed by atoms with Gasteiger partial charge < -0.3 is 10.6 Å². The average molecular weight is 234 g/mol. The van der Waals surface area contributed by atoms with Crippen LogP contribution in [0.4, 0.5) is 5.69 Å². The molecule has 0 aromatic heterocycles. The van der Waals surface area contributed by atoms with Gasteiger partial charge >= 0.3 is 0 Å². The van der Waals surface area contributed by atoms with Gasteiger partial charge in [-0.05, 0) is 30.5 Å². The molecule has 2 N–H and O–H groups in total. The van der Waals surface area contributed by atoms with E-state index in [1.54, 1.807) is 0 Å². The second-order valence-corrected chi connectivity index (χ2v) is 4.47. The maximum atomic E-state index is 11.7. The van der Waals surface area contributed by atoms with Gasteiger partial charge in [-0.2, -0.15) is 0 Å². The van der Waals surface area contributed by atoms with Crippen LogP contribution in [0.1, 0.15) is 38.7 Å². The van der Waals surface area contributed by atoms with Crippen molar-refractivity contribution in [3.63, 3.8) is 0 Å². The Bertz CT molecular complexity index is 361. The van der Waals surface area contributed by atoms with E-state index in [1.165, 1.54) is 5.56 Å². The molecule has 0 aliphatic heterocycles. The summed E-state index contributed by atoms with van der Waals surface area (Å²) in [5.41, 5.74) is 2.10. The monoisotopic (exact) mass is 234 g/mol. The van der Waals surface area contributed by atoms with Crippen molar-refractivity contribution >= 4 is 11.6 Å². The minimum Gasteiger partial charge on any atom is -0.325 e. The Morgan fingerprint density at radius 2 is 2.00 bits per heavy atom. The normalized spacial score (nSPS) is 10.6. The molecule has 3 nitrogen and oxygen atoms in total. The SMILES string of the molecule is CCCNCC(=O)Nc1ccccc1C(C)C. The molecular formula is C14H22N2O. The molecule has 94 valence electrons. The first-order valence-corrected chi connectivity index (χ1v) is 6.24. The van der Waals surface area contributed by atoms with Crippen LogP contribution in [0.5, 0.6) is 0 Å². The zero-order chi connectivity index (χ0) is 12.7. The summed E-state index contributed by atoms with van der Waals surface area (Å²) < 4.78 is 0. The Labute approximate surface area is 104 Å². The Balaban J connectivity index is 2.58. The lowest BCUT2D eigenvalue weighted by atomic mass is 10.0. The third kappa shape index (κ3) is 4.57. The first kappa shape index (κ1) is 13.7. The Kier molecular flexibility index (Phi) is 5.70. The number of carbonyl (C=O) groups excluding carboxylic acids is 1. The van der Waals surface area contributed by atoms with Crippen molar-refractivity contribution in [2.45, 2.75) is 33.1 Å². The molecule has 0 saturated carbocycles. The van der Waals surface area contributed by atoms with Crippen LogP contribution >= 0.6 is 0 Å². The minimum atomic E-state index is 0.0200. The van der Waals surface area contributed by atoms with Gasteiger partial charge in [0, 0.05) is 5.69 Å². The summed E-state index contributed by atoms with van der Waals surface area (Å²) in [6.07, 6.45) is 1.04. The van der Waals surface area contributed by atoms with Crippen molar-refractivity contribution in [1.82, 2.24) is 5.32 Å². The van der Waals surface area contributed by atoms with Gasteiger partial charge in [-0.3, -0.25) is 4.79 Å². The van der Waals surface area contributed by atoms with Crippen LogP contribution in [0.3, 0.4) is 0 Å². The van der Waals surface area contributed by atoms with E-state index in [0.29, 0.717) is 12.5 Å². The highest BCUT2D eigenvalue weighted by Gasteiger charge is 2.08. The van der Waals surface area contributed by atoms with Gasteiger partial charge in [-0.1, -0.05) is 39.0 Å². The number of carbonyl (C=O) groups is 1. The second kappa shape index (κ2) is 7.07. The van der Waals surface area contributed by atoms with Gasteiger partial charge in [0.15, 0.2) is 0 Å².